The van der Waals surface area contributed by atoms with Gasteiger partial charge < -0.3 is 10.6 Å². The highest BCUT2D eigenvalue weighted by Crippen LogP contribution is 2.41. The summed E-state index contributed by atoms with van der Waals surface area (Å²) in [6.45, 7) is 4.11. The average molecular weight is 244 g/mol. The van der Waals surface area contributed by atoms with Gasteiger partial charge in [0.15, 0.2) is 0 Å². The molecule has 0 spiro atoms. The maximum Gasteiger partial charge on any atom is 0.0444 e. The maximum absolute atomic E-state index is 5.94. The lowest BCUT2D eigenvalue weighted by Gasteiger charge is -2.41. The zero-order chi connectivity index (χ0) is 12.5. The molecule has 2 unspecified atom stereocenters. The number of nitrogens with two attached hydrogens (primary N) is 1. The van der Waals surface area contributed by atoms with E-state index in [1.54, 1.807) is 0 Å². The fourth-order valence-corrected chi connectivity index (χ4v) is 4.03. The molecule has 1 saturated heterocycles. The number of rotatable bonds is 2. The Morgan fingerprint density at radius 3 is 2.89 bits per heavy atom. The Bertz CT molecular complexity index is 427. The number of nitrogens with zero attached hydrogens (tertiary/aromatic N) is 1. The first-order valence-corrected chi connectivity index (χ1v) is 7.36. The molecule has 1 aliphatic carbocycles. The highest BCUT2D eigenvalue weighted by atomic mass is 15.2. The number of benzene rings is 1. The molecule has 1 aromatic carbocycles. The summed E-state index contributed by atoms with van der Waals surface area (Å²) in [4.78, 5) is 2.68. The second-order valence-electron chi connectivity index (χ2n) is 5.88. The van der Waals surface area contributed by atoms with Crippen molar-refractivity contribution < 1.29 is 0 Å². The average Bonchev–Trinajstić information content (AvgIpc) is 2.86. The van der Waals surface area contributed by atoms with E-state index in [-0.39, 0.29) is 0 Å². The maximum atomic E-state index is 5.94. The summed E-state index contributed by atoms with van der Waals surface area (Å²) in [6.07, 6.45) is 7.01. The number of hydrogen-bond acceptors (Lipinski definition) is 2. The molecule has 2 atom stereocenters. The van der Waals surface area contributed by atoms with E-state index in [9.17, 15) is 0 Å². The van der Waals surface area contributed by atoms with Crippen LogP contribution in [0.25, 0.3) is 0 Å². The summed E-state index contributed by atoms with van der Waals surface area (Å²) in [6, 6.07) is 7.34. The Morgan fingerprint density at radius 1 is 1.22 bits per heavy atom. The van der Waals surface area contributed by atoms with Crippen LogP contribution in [0.2, 0.25) is 0 Å². The zero-order valence-corrected chi connectivity index (χ0v) is 11.4. The van der Waals surface area contributed by atoms with Gasteiger partial charge in [-0.15, -0.1) is 0 Å². The number of aryl methyl sites for hydroxylation is 1. The van der Waals surface area contributed by atoms with Gasteiger partial charge in [-0.1, -0.05) is 24.6 Å². The highest BCUT2D eigenvalue weighted by molar-refractivity contribution is 5.60. The van der Waals surface area contributed by atoms with Gasteiger partial charge in [-0.2, -0.15) is 0 Å². The van der Waals surface area contributed by atoms with E-state index in [2.05, 4.69) is 30.0 Å². The number of para-hydroxylation sites is 1. The van der Waals surface area contributed by atoms with E-state index in [1.807, 2.05) is 0 Å². The van der Waals surface area contributed by atoms with Crippen LogP contribution in [-0.2, 0) is 6.54 Å². The van der Waals surface area contributed by atoms with Crippen molar-refractivity contribution in [3.05, 3.63) is 29.3 Å². The van der Waals surface area contributed by atoms with Crippen molar-refractivity contribution in [1.29, 1.82) is 0 Å². The first-order chi connectivity index (χ1) is 8.81. The van der Waals surface area contributed by atoms with E-state index >= 15 is 0 Å². The lowest BCUT2D eigenvalue weighted by Crippen LogP contribution is -2.43. The molecule has 2 heteroatoms. The van der Waals surface area contributed by atoms with Crippen LogP contribution in [-0.4, -0.2) is 12.6 Å². The fourth-order valence-electron chi connectivity index (χ4n) is 4.03. The lowest BCUT2D eigenvalue weighted by molar-refractivity contribution is 0.361. The van der Waals surface area contributed by atoms with Crippen LogP contribution in [0.5, 0.6) is 0 Å². The fraction of sp³-hybridized carbons (Fsp3) is 0.625. The summed E-state index contributed by atoms with van der Waals surface area (Å²) in [5.41, 5.74) is 10.1. The van der Waals surface area contributed by atoms with Crippen LogP contribution in [0.1, 0.15) is 43.2 Å². The predicted octanol–water partition coefficient (Wildman–Crippen LogP) is 3.22. The molecule has 1 aromatic rings. The molecule has 2 nitrogen and oxygen atoms in total. The molecule has 0 amide bonds. The number of piperidine rings is 1. The van der Waals surface area contributed by atoms with Crippen LogP contribution in [0.3, 0.4) is 0 Å². The summed E-state index contributed by atoms with van der Waals surface area (Å²) in [5, 5.41) is 0. The molecule has 2 fully saturated rings. The smallest absolute Gasteiger partial charge is 0.0444 e. The molecule has 0 radical (unpaired) electrons. The molecule has 18 heavy (non-hydrogen) atoms. The van der Waals surface area contributed by atoms with Crippen molar-refractivity contribution in [2.75, 3.05) is 11.4 Å². The molecular formula is C16H24N2. The van der Waals surface area contributed by atoms with Gasteiger partial charge in [0.1, 0.15) is 0 Å². The van der Waals surface area contributed by atoms with E-state index in [0.717, 1.165) is 12.0 Å². The van der Waals surface area contributed by atoms with Gasteiger partial charge in [0.05, 0.1) is 0 Å². The predicted molar refractivity (Wildman–Crippen MR) is 76.8 cm³/mol. The molecule has 2 N–H and O–H groups in total. The molecule has 98 valence electrons. The van der Waals surface area contributed by atoms with E-state index in [1.165, 1.54) is 55.5 Å². The highest BCUT2D eigenvalue weighted by Gasteiger charge is 2.35. The largest absolute Gasteiger partial charge is 0.368 e. The molecule has 0 aromatic heterocycles. The van der Waals surface area contributed by atoms with Crippen LogP contribution in [0.4, 0.5) is 5.69 Å². The van der Waals surface area contributed by atoms with Crippen LogP contribution >= 0.6 is 0 Å². The Balaban J connectivity index is 1.98. The SMILES string of the molecule is Cc1cccc(CN)c1N1CCCC2CCCC21. The first-order valence-electron chi connectivity index (χ1n) is 7.36. The number of fused-ring (bicyclic) bond motifs is 1. The second kappa shape index (κ2) is 4.93. The molecule has 2 aliphatic rings. The van der Waals surface area contributed by atoms with Gasteiger partial charge in [0.25, 0.3) is 0 Å². The zero-order valence-electron chi connectivity index (χ0n) is 11.4. The molecule has 1 saturated carbocycles. The number of anilines is 1. The second-order valence-corrected chi connectivity index (χ2v) is 5.88. The molecule has 0 bridgehead atoms. The monoisotopic (exact) mass is 244 g/mol. The van der Waals surface area contributed by atoms with E-state index in [0.29, 0.717) is 6.54 Å². The van der Waals surface area contributed by atoms with Crippen LogP contribution < -0.4 is 10.6 Å². The quantitative estimate of drug-likeness (QED) is 0.865. The lowest BCUT2D eigenvalue weighted by atomic mass is 9.90. The van der Waals surface area contributed by atoms with Gasteiger partial charge in [-0.3, -0.25) is 0 Å². The van der Waals surface area contributed by atoms with E-state index < -0.39 is 0 Å². The van der Waals surface area contributed by atoms with Crippen molar-refractivity contribution in [2.24, 2.45) is 11.7 Å². The topological polar surface area (TPSA) is 29.3 Å². The summed E-state index contributed by atoms with van der Waals surface area (Å²) in [5.74, 6) is 0.934. The van der Waals surface area contributed by atoms with Crippen LogP contribution in [0.15, 0.2) is 18.2 Å². The molecule has 1 aliphatic heterocycles. The number of hydrogen-bond donors (Lipinski definition) is 1. The van der Waals surface area contributed by atoms with Crippen molar-refractivity contribution >= 4 is 5.69 Å². The third-order valence-electron chi connectivity index (χ3n) is 4.82. The van der Waals surface area contributed by atoms with Gasteiger partial charge in [-0.25, -0.2) is 0 Å². The van der Waals surface area contributed by atoms with Gasteiger partial charge in [-0.05, 0) is 49.7 Å². The Kier molecular flexibility index (Phi) is 3.29. The Labute approximate surface area is 110 Å². The van der Waals surface area contributed by atoms with Crippen molar-refractivity contribution in [3.63, 3.8) is 0 Å². The minimum absolute atomic E-state index is 0.658. The van der Waals surface area contributed by atoms with Crippen molar-refractivity contribution in [1.82, 2.24) is 0 Å². The third-order valence-corrected chi connectivity index (χ3v) is 4.82. The summed E-state index contributed by atoms with van der Waals surface area (Å²) < 4.78 is 0. The minimum Gasteiger partial charge on any atom is -0.368 e. The van der Waals surface area contributed by atoms with Crippen LogP contribution in [0, 0.1) is 12.8 Å². The Hall–Kier alpha value is -1.02. The molecule has 1 heterocycles. The minimum atomic E-state index is 0.658. The van der Waals surface area contributed by atoms with E-state index in [4.69, 9.17) is 5.73 Å². The van der Waals surface area contributed by atoms with Gasteiger partial charge >= 0.3 is 0 Å². The standard InChI is InChI=1S/C16H24N2/c1-12-5-2-7-14(11-17)16(12)18-10-4-8-13-6-3-9-15(13)18/h2,5,7,13,15H,3-4,6,8-11,17H2,1H3. The first kappa shape index (κ1) is 12.0. The van der Waals surface area contributed by atoms with Gasteiger partial charge in [0.2, 0.25) is 0 Å². The normalized spacial score (nSPS) is 27.3. The summed E-state index contributed by atoms with van der Waals surface area (Å²) >= 11 is 0. The third kappa shape index (κ3) is 1.93. The summed E-state index contributed by atoms with van der Waals surface area (Å²) in [7, 11) is 0. The van der Waals surface area contributed by atoms with Crippen molar-refractivity contribution in [2.45, 2.75) is 51.6 Å². The Morgan fingerprint density at radius 2 is 2.06 bits per heavy atom. The molecule has 3 rings (SSSR count). The molecular weight excluding hydrogens is 220 g/mol. The van der Waals surface area contributed by atoms with Crippen molar-refractivity contribution in [3.8, 4) is 0 Å². The van der Waals surface area contributed by atoms with Gasteiger partial charge in [0, 0.05) is 24.8 Å².